The number of aliphatic hydroxyl groups is 2. The Morgan fingerprint density at radius 2 is 1.81 bits per heavy atom. The topological polar surface area (TPSA) is 52.5 Å². The summed E-state index contributed by atoms with van der Waals surface area (Å²) in [6.45, 7) is 6.27. The average Bonchev–Trinajstić information content (AvgIpc) is 2.67. The Morgan fingerprint density at radius 3 is 2.31 bits per heavy atom. The Morgan fingerprint density at radius 1 is 1.25 bits per heavy atom. The Hall–Kier alpha value is -0.120. The first-order chi connectivity index (χ1) is 7.42. The summed E-state index contributed by atoms with van der Waals surface area (Å²) in [6, 6.07) is 0. The van der Waals surface area contributed by atoms with Crippen molar-refractivity contribution in [1.29, 1.82) is 0 Å². The molecule has 16 heavy (non-hydrogen) atoms. The van der Waals surface area contributed by atoms with Gasteiger partial charge in [0.1, 0.15) is 0 Å². The third-order valence-electron chi connectivity index (χ3n) is 3.92. The summed E-state index contributed by atoms with van der Waals surface area (Å²) < 4.78 is 0. The average molecular weight is 229 g/mol. The molecule has 1 fully saturated rings. The molecule has 3 nitrogen and oxygen atoms in total. The van der Waals surface area contributed by atoms with Crippen LogP contribution in [-0.2, 0) is 0 Å². The van der Waals surface area contributed by atoms with Gasteiger partial charge in [-0.15, -0.1) is 0 Å². The summed E-state index contributed by atoms with van der Waals surface area (Å²) >= 11 is 0. The van der Waals surface area contributed by atoms with E-state index in [1.165, 1.54) is 25.7 Å². The molecule has 1 saturated carbocycles. The molecule has 0 aromatic carbocycles. The maximum atomic E-state index is 9.91. The lowest BCUT2D eigenvalue weighted by Gasteiger charge is -2.31. The Bertz CT molecular complexity index is 198. The summed E-state index contributed by atoms with van der Waals surface area (Å²) in [5.41, 5.74) is -0.323. The van der Waals surface area contributed by atoms with Crippen LogP contribution in [0.25, 0.3) is 0 Å². The van der Waals surface area contributed by atoms with Gasteiger partial charge < -0.3 is 15.5 Å². The largest absolute Gasteiger partial charge is 0.392 e. The van der Waals surface area contributed by atoms with Crippen LogP contribution in [0.4, 0.5) is 0 Å². The second-order valence-corrected chi connectivity index (χ2v) is 5.82. The molecule has 0 aromatic heterocycles. The zero-order valence-corrected chi connectivity index (χ0v) is 10.9. The number of β-amino-alcohol motifs (C(OH)–C–C–N with tert-alkyl or cyclic N) is 1. The van der Waals surface area contributed by atoms with Crippen molar-refractivity contribution in [2.45, 2.75) is 70.6 Å². The zero-order valence-electron chi connectivity index (χ0n) is 10.9. The van der Waals surface area contributed by atoms with E-state index in [4.69, 9.17) is 0 Å². The van der Waals surface area contributed by atoms with E-state index in [9.17, 15) is 10.2 Å². The highest BCUT2D eigenvalue weighted by atomic mass is 16.3. The smallest absolute Gasteiger partial charge is 0.0688 e. The molecule has 0 radical (unpaired) electrons. The van der Waals surface area contributed by atoms with Crippen LogP contribution < -0.4 is 5.32 Å². The van der Waals surface area contributed by atoms with Crippen LogP contribution in [0, 0.1) is 5.92 Å². The molecule has 1 rings (SSSR count). The molecule has 0 heterocycles. The van der Waals surface area contributed by atoms with Gasteiger partial charge in [-0.25, -0.2) is 0 Å². The van der Waals surface area contributed by atoms with Crippen LogP contribution in [-0.4, -0.2) is 34.5 Å². The predicted octanol–water partition coefficient (Wildman–Crippen LogP) is 1.68. The highest BCUT2D eigenvalue weighted by Crippen LogP contribution is 2.28. The van der Waals surface area contributed by atoms with Crippen molar-refractivity contribution >= 4 is 0 Å². The van der Waals surface area contributed by atoms with E-state index in [1.807, 2.05) is 13.8 Å². The molecule has 0 saturated heterocycles. The van der Waals surface area contributed by atoms with Gasteiger partial charge in [0.25, 0.3) is 0 Å². The van der Waals surface area contributed by atoms with Gasteiger partial charge in [0.15, 0.2) is 0 Å². The van der Waals surface area contributed by atoms with Gasteiger partial charge in [-0.3, -0.25) is 0 Å². The quantitative estimate of drug-likeness (QED) is 0.649. The van der Waals surface area contributed by atoms with Gasteiger partial charge in [0.2, 0.25) is 0 Å². The molecule has 2 atom stereocenters. The minimum Gasteiger partial charge on any atom is -0.392 e. The van der Waals surface area contributed by atoms with Crippen molar-refractivity contribution < 1.29 is 10.2 Å². The third kappa shape index (κ3) is 4.40. The fourth-order valence-electron chi connectivity index (χ4n) is 2.24. The van der Waals surface area contributed by atoms with Gasteiger partial charge in [-0.1, -0.05) is 25.7 Å². The minimum absolute atomic E-state index is 0.277. The summed E-state index contributed by atoms with van der Waals surface area (Å²) in [5.74, 6) is 0.714. The molecule has 3 N–H and O–H groups in total. The van der Waals surface area contributed by atoms with Crippen LogP contribution in [0.1, 0.15) is 52.9 Å². The molecule has 0 amide bonds. The highest BCUT2D eigenvalue weighted by molar-refractivity contribution is 4.84. The first-order valence-electron chi connectivity index (χ1n) is 6.53. The van der Waals surface area contributed by atoms with E-state index in [1.54, 1.807) is 6.92 Å². The second-order valence-electron chi connectivity index (χ2n) is 5.82. The molecule has 1 aliphatic carbocycles. The van der Waals surface area contributed by atoms with Crippen molar-refractivity contribution in [2.75, 3.05) is 6.54 Å². The van der Waals surface area contributed by atoms with Crippen LogP contribution in [0.15, 0.2) is 0 Å². The van der Waals surface area contributed by atoms with Gasteiger partial charge in [0, 0.05) is 12.1 Å². The third-order valence-corrected chi connectivity index (χ3v) is 3.92. The molecule has 1 aliphatic rings. The van der Waals surface area contributed by atoms with Crippen LogP contribution >= 0.6 is 0 Å². The molecule has 96 valence electrons. The maximum Gasteiger partial charge on any atom is 0.0688 e. The number of rotatable bonds is 6. The predicted molar refractivity (Wildman–Crippen MR) is 66.3 cm³/mol. The molecular formula is C13H27NO2. The maximum absolute atomic E-state index is 9.91. The summed E-state index contributed by atoms with van der Waals surface area (Å²) in [7, 11) is 0. The Kier molecular flexibility index (Phi) is 5.22. The van der Waals surface area contributed by atoms with E-state index in [0.29, 0.717) is 12.5 Å². The van der Waals surface area contributed by atoms with Crippen LogP contribution in [0.2, 0.25) is 0 Å². The summed E-state index contributed by atoms with van der Waals surface area (Å²) in [6.07, 6.45) is 5.41. The van der Waals surface area contributed by atoms with E-state index in [2.05, 4.69) is 5.32 Å². The van der Waals surface area contributed by atoms with Gasteiger partial charge in [0.05, 0.1) is 12.2 Å². The SMILES string of the molecule is CC(O)C(C)(C)NCC(O)CC1CCCC1. The van der Waals surface area contributed by atoms with E-state index in [-0.39, 0.29) is 11.6 Å². The van der Waals surface area contributed by atoms with E-state index < -0.39 is 6.10 Å². The van der Waals surface area contributed by atoms with Gasteiger partial charge in [-0.05, 0) is 33.1 Å². The lowest BCUT2D eigenvalue weighted by molar-refractivity contribution is 0.0745. The Labute approximate surface area is 99.3 Å². The van der Waals surface area contributed by atoms with Crippen molar-refractivity contribution in [3.8, 4) is 0 Å². The molecule has 0 bridgehead atoms. The van der Waals surface area contributed by atoms with Crippen LogP contribution in [0.3, 0.4) is 0 Å². The number of aliphatic hydroxyl groups excluding tert-OH is 2. The first kappa shape index (κ1) is 13.9. The number of nitrogens with one attached hydrogen (secondary N) is 1. The monoisotopic (exact) mass is 229 g/mol. The fourth-order valence-corrected chi connectivity index (χ4v) is 2.24. The van der Waals surface area contributed by atoms with E-state index in [0.717, 1.165) is 6.42 Å². The fraction of sp³-hybridized carbons (Fsp3) is 1.00. The molecule has 0 spiro atoms. The zero-order chi connectivity index (χ0) is 12.2. The van der Waals surface area contributed by atoms with Crippen molar-refractivity contribution in [1.82, 2.24) is 5.32 Å². The standard InChI is InChI=1S/C13H27NO2/c1-10(15)13(2,3)14-9-12(16)8-11-6-4-5-7-11/h10-12,14-16H,4-9H2,1-3H3. The molecule has 3 heteroatoms. The minimum atomic E-state index is -0.411. The molecule has 2 unspecified atom stereocenters. The van der Waals surface area contributed by atoms with Gasteiger partial charge in [-0.2, -0.15) is 0 Å². The van der Waals surface area contributed by atoms with Crippen molar-refractivity contribution in [3.05, 3.63) is 0 Å². The normalized spacial score (nSPS) is 22.3. The van der Waals surface area contributed by atoms with Crippen molar-refractivity contribution in [3.63, 3.8) is 0 Å². The highest BCUT2D eigenvalue weighted by Gasteiger charge is 2.25. The van der Waals surface area contributed by atoms with E-state index >= 15 is 0 Å². The van der Waals surface area contributed by atoms with Crippen molar-refractivity contribution in [2.24, 2.45) is 5.92 Å². The number of hydrogen-bond acceptors (Lipinski definition) is 3. The van der Waals surface area contributed by atoms with Crippen LogP contribution in [0.5, 0.6) is 0 Å². The number of hydrogen-bond donors (Lipinski definition) is 3. The first-order valence-corrected chi connectivity index (χ1v) is 6.53. The lowest BCUT2D eigenvalue weighted by Crippen LogP contribution is -2.50. The molecule has 0 aliphatic heterocycles. The second kappa shape index (κ2) is 5.99. The molecule has 0 aromatic rings. The molecular weight excluding hydrogens is 202 g/mol. The van der Waals surface area contributed by atoms with Gasteiger partial charge >= 0.3 is 0 Å². The lowest BCUT2D eigenvalue weighted by atomic mass is 9.96. The summed E-state index contributed by atoms with van der Waals surface area (Å²) in [4.78, 5) is 0. The Balaban J connectivity index is 2.21. The summed E-state index contributed by atoms with van der Waals surface area (Å²) in [5, 5.41) is 22.7.